The lowest BCUT2D eigenvalue weighted by molar-refractivity contribution is 0.254. The molecule has 2 atom stereocenters. The van der Waals surface area contributed by atoms with Gasteiger partial charge in [-0.25, -0.2) is 15.0 Å². The van der Waals surface area contributed by atoms with Gasteiger partial charge in [-0.3, -0.25) is 0 Å². The molecular formula is C22H20BrN7O. The van der Waals surface area contributed by atoms with Crippen LogP contribution in [0.5, 0.6) is 0 Å². The molecule has 0 aliphatic carbocycles. The number of benzene rings is 1. The first-order valence-electron chi connectivity index (χ1n) is 9.98. The third-order valence-electron chi connectivity index (χ3n) is 5.58. The molecule has 1 aromatic carbocycles. The van der Waals surface area contributed by atoms with Crippen molar-refractivity contribution >= 4 is 32.8 Å². The number of aliphatic hydroxyl groups excluding tert-OH is 1. The fourth-order valence-corrected chi connectivity index (χ4v) is 4.38. The number of hydrogen-bond acceptors (Lipinski definition) is 8. The van der Waals surface area contributed by atoms with Gasteiger partial charge in [-0.05, 0) is 47.9 Å². The number of nitrogen functional groups attached to an aromatic ring is 1. The molecule has 2 unspecified atom stereocenters. The number of halogens is 1. The molecule has 9 heteroatoms. The normalized spacial score (nSPS) is 18.5. The van der Waals surface area contributed by atoms with Crippen molar-refractivity contribution in [2.75, 3.05) is 18.9 Å². The Balaban J connectivity index is 1.58. The van der Waals surface area contributed by atoms with Crippen molar-refractivity contribution in [3.63, 3.8) is 0 Å². The van der Waals surface area contributed by atoms with Gasteiger partial charge in [-0.1, -0.05) is 28.1 Å². The third kappa shape index (κ3) is 3.87. The highest BCUT2D eigenvalue weighted by Crippen LogP contribution is 2.34. The number of aromatic nitrogens is 5. The number of fused-ring (bicyclic) bond motifs is 1. The Labute approximate surface area is 187 Å². The summed E-state index contributed by atoms with van der Waals surface area (Å²) < 4.78 is 0.961. The average molecular weight is 478 g/mol. The second-order valence-corrected chi connectivity index (χ2v) is 8.50. The summed E-state index contributed by atoms with van der Waals surface area (Å²) in [6.45, 7) is 0.920. The Hall–Kier alpha value is -3.01. The van der Waals surface area contributed by atoms with Crippen LogP contribution in [0.2, 0.25) is 0 Å². The standard InChI is InChI=1S/C22H20BrN7O/c23-14-3-1-2-12(6-14)16-8-19(28-22-20(16)21(24)26-11-27-22)18-5-4-17(29-30-18)13-7-15(10-31)25-9-13/h1-6,8,11,13,15,25,31H,7,9-10H2,(H2,24,26,27,28). The summed E-state index contributed by atoms with van der Waals surface area (Å²) in [5, 5.41) is 22.2. The van der Waals surface area contributed by atoms with Crippen molar-refractivity contribution in [1.82, 2.24) is 30.5 Å². The van der Waals surface area contributed by atoms with Crippen LogP contribution in [0.25, 0.3) is 33.5 Å². The smallest absolute Gasteiger partial charge is 0.165 e. The molecule has 1 aliphatic heterocycles. The van der Waals surface area contributed by atoms with Gasteiger partial charge in [0.15, 0.2) is 5.65 Å². The quantitative estimate of drug-likeness (QED) is 0.409. The summed E-state index contributed by atoms with van der Waals surface area (Å²) in [4.78, 5) is 13.2. The van der Waals surface area contributed by atoms with E-state index < -0.39 is 0 Å². The minimum absolute atomic E-state index is 0.117. The summed E-state index contributed by atoms with van der Waals surface area (Å²) in [6, 6.07) is 13.9. The van der Waals surface area contributed by atoms with Crippen molar-refractivity contribution in [1.29, 1.82) is 0 Å². The topological polar surface area (TPSA) is 123 Å². The van der Waals surface area contributed by atoms with Crippen LogP contribution in [-0.2, 0) is 0 Å². The maximum atomic E-state index is 9.34. The highest BCUT2D eigenvalue weighted by Gasteiger charge is 2.26. The van der Waals surface area contributed by atoms with Crippen LogP contribution in [0.3, 0.4) is 0 Å². The molecule has 0 amide bonds. The van der Waals surface area contributed by atoms with Gasteiger partial charge in [0.25, 0.3) is 0 Å². The minimum atomic E-state index is 0.117. The third-order valence-corrected chi connectivity index (χ3v) is 6.07. The predicted molar refractivity (Wildman–Crippen MR) is 122 cm³/mol. The molecule has 4 heterocycles. The number of rotatable bonds is 4. The van der Waals surface area contributed by atoms with Crippen LogP contribution in [0.1, 0.15) is 18.0 Å². The SMILES string of the molecule is Nc1ncnc2nc(-c3ccc(C4CNC(CO)C4)nn3)cc(-c3cccc(Br)c3)c12. The van der Waals surface area contributed by atoms with Crippen molar-refractivity contribution in [2.24, 2.45) is 0 Å². The highest BCUT2D eigenvalue weighted by molar-refractivity contribution is 9.10. The lowest BCUT2D eigenvalue weighted by Gasteiger charge is -2.12. The number of nitrogens with zero attached hydrogens (tertiary/aromatic N) is 5. The number of aliphatic hydroxyl groups is 1. The fraction of sp³-hybridized carbons (Fsp3) is 0.227. The van der Waals surface area contributed by atoms with Crippen molar-refractivity contribution in [3.8, 4) is 22.5 Å². The first-order valence-corrected chi connectivity index (χ1v) is 10.8. The van der Waals surface area contributed by atoms with E-state index >= 15 is 0 Å². The number of nitrogens with one attached hydrogen (secondary N) is 1. The molecule has 8 nitrogen and oxygen atoms in total. The molecule has 4 N–H and O–H groups in total. The molecular weight excluding hydrogens is 458 g/mol. The summed E-state index contributed by atoms with van der Waals surface area (Å²) in [5.74, 6) is 0.626. The van der Waals surface area contributed by atoms with E-state index in [2.05, 4.69) is 46.4 Å². The Bertz CT molecular complexity index is 1250. The minimum Gasteiger partial charge on any atom is -0.395 e. The van der Waals surface area contributed by atoms with E-state index in [1.54, 1.807) is 0 Å². The molecule has 1 saturated heterocycles. The first-order chi connectivity index (χ1) is 15.1. The van der Waals surface area contributed by atoms with E-state index in [-0.39, 0.29) is 18.6 Å². The lowest BCUT2D eigenvalue weighted by atomic mass is 10.00. The van der Waals surface area contributed by atoms with Gasteiger partial charge in [0.05, 0.1) is 23.4 Å². The molecule has 5 rings (SSSR count). The molecule has 0 saturated carbocycles. The molecule has 0 radical (unpaired) electrons. The van der Waals surface area contributed by atoms with Crippen molar-refractivity contribution < 1.29 is 5.11 Å². The summed E-state index contributed by atoms with van der Waals surface area (Å²) >= 11 is 3.53. The van der Waals surface area contributed by atoms with Crippen LogP contribution in [0, 0.1) is 0 Å². The maximum Gasteiger partial charge on any atom is 0.165 e. The zero-order chi connectivity index (χ0) is 21.4. The van der Waals surface area contributed by atoms with Gasteiger partial charge in [0, 0.05) is 23.0 Å². The Morgan fingerprint density at radius 3 is 2.74 bits per heavy atom. The molecule has 31 heavy (non-hydrogen) atoms. The lowest BCUT2D eigenvalue weighted by Crippen LogP contribution is -2.24. The number of nitrogens with two attached hydrogens (primary N) is 1. The van der Waals surface area contributed by atoms with E-state index in [4.69, 9.17) is 5.73 Å². The Morgan fingerprint density at radius 2 is 2.00 bits per heavy atom. The van der Waals surface area contributed by atoms with Gasteiger partial charge in [0.2, 0.25) is 0 Å². The zero-order valence-corrected chi connectivity index (χ0v) is 18.1. The van der Waals surface area contributed by atoms with Crippen LogP contribution >= 0.6 is 15.9 Å². The average Bonchev–Trinajstić information content (AvgIpc) is 3.28. The number of anilines is 1. The molecule has 0 bridgehead atoms. The van der Waals surface area contributed by atoms with Crippen LogP contribution in [0.15, 0.2) is 53.3 Å². The fourth-order valence-electron chi connectivity index (χ4n) is 3.98. The summed E-state index contributed by atoms with van der Waals surface area (Å²) in [5.41, 5.74) is 10.8. The van der Waals surface area contributed by atoms with Crippen LogP contribution in [0.4, 0.5) is 5.82 Å². The summed E-state index contributed by atoms with van der Waals surface area (Å²) in [6.07, 6.45) is 2.26. The predicted octanol–water partition coefficient (Wildman–Crippen LogP) is 2.93. The molecule has 1 aliphatic rings. The monoisotopic (exact) mass is 477 g/mol. The summed E-state index contributed by atoms with van der Waals surface area (Å²) in [7, 11) is 0. The molecule has 0 spiro atoms. The maximum absolute atomic E-state index is 9.34. The second kappa shape index (κ2) is 8.26. The van der Waals surface area contributed by atoms with Gasteiger partial charge >= 0.3 is 0 Å². The number of pyridine rings is 1. The van der Waals surface area contributed by atoms with Crippen molar-refractivity contribution in [2.45, 2.75) is 18.4 Å². The van der Waals surface area contributed by atoms with E-state index in [0.717, 1.165) is 34.3 Å². The Morgan fingerprint density at radius 1 is 1.10 bits per heavy atom. The molecule has 4 aromatic rings. The van der Waals surface area contributed by atoms with Crippen molar-refractivity contribution in [3.05, 3.63) is 59.0 Å². The van der Waals surface area contributed by atoms with E-state index in [1.807, 2.05) is 42.5 Å². The Kier molecular flexibility index (Phi) is 5.31. The second-order valence-electron chi connectivity index (χ2n) is 7.59. The van der Waals surface area contributed by atoms with Gasteiger partial charge in [-0.2, -0.15) is 5.10 Å². The van der Waals surface area contributed by atoms with Gasteiger partial charge in [-0.15, -0.1) is 5.10 Å². The molecule has 1 fully saturated rings. The van der Waals surface area contributed by atoms with Crippen LogP contribution in [-0.4, -0.2) is 49.4 Å². The van der Waals surface area contributed by atoms with E-state index in [0.29, 0.717) is 28.2 Å². The van der Waals surface area contributed by atoms with Gasteiger partial charge < -0.3 is 16.2 Å². The number of hydrogen-bond donors (Lipinski definition) is 3. The zero-order valence-electron chi connectivity index (χ0n) is 16.5. The first kappa shape index (κ1) is 19.9. The van der Waals surface area contributed by atoms with Crippen LogP contribution < -0.4 is 11.1 Å². The van der Waals surface area contributed by atoms with E-state index in [1.165, 1.54) is 6.33 Å². The van der Waals surface area contributed by atoms with E-state index in [9.17, 15) is 5.11 Å². The molecule has 156 valence electrons. The largest absolute Gasteiger partial charge is 0.395 e. The molecule has 3 aromatic heterocycles. The van der Waals surface area contributed by atoms with Gasteiger partial charge in [0.1, 0.15) is 17.8 Å². The highest BCUT2D eigenvalue weighted by atomic mass is 79.9.